The topological polar surface area (TPSA) is 154 Å². The summed E-state index contributed by atoms with van der Waals surface area (Å²) in [4.78, 5) is 26.9. The standard InChI is InChI=1S/C17H16N4O3S.C5H10O2/c1-10(19)9-24-15-11(4-3-5-14(15)23-2)6-7-13-12(8-18)16(22)21-17(25)20-13;1-3-4(2)5(6)7/h3-7H,1,9,19H2,2H3,(H2,20,21,22,25);4H,3H2,1-2H3,(H,6,7)/b7-6+;. The van der Waals surface area contributed by atoms with Gasteiger partial charge in [-0.25, -0.2) is 0 Å². The summed E-state index contributed by atoms with van der Waals surface area (Å²) in [6.07, 6.45) is 3.97. The Kier molecular flexibility index (Phi) is 10.4. The Morgan fingerprint density at radius 1 is 1.41 bits per heavy atom. The van der Waals surface area contributed by atoms with Crippen molar-refractivity contribution in [3.8, 4) is 17.6 Å². The maximum atomic E-state index is 11.8. The van der Waals surface area contributed by atoms with Gasteiger partial charge in [0, 0.05) is 11.3 Å². The monoisotopic (exact) mass is 458 g/mol. The Bertz CT molecular complexity index is 1140. The summed E-state index contributed by atoms with van der Waals surface area (Å²) < 4.78 is 11.1. The Morgan fingerprint density at radius 2 is 2.09 bits per heavy atom. The van der Waals surface area contributed by atoms with Crippen molar-refractivity contribution in [2.24, 2.45) is 11.7 Å². The molecule has 0 aliphatic rings. The SMILES string of the molecule is C=C(N)COc1c(/C=C/c2[nH]c(=S)[nH]c(=O)c2C#N)cccc1OC.CCC(C)C(=O)O. The van der Waals surface area contributed by atoms with Gasteiger partial charge in [-0.1, -0.05) is 32.6 Å². The number of rotatable bonds is 8. The van der Waals surface area contributed by atoms with Gasteiger partial charge in [0.15, 0.2) is 16.3 Å². The fraction of sp³-hybridized carbons (Fsp3) is 0.273. The van der Waals surface area contributed by atoms with Crippen LogP contribution in [0.15, 0.2) is 35.3 Å². The molecule has 1 unspecified atom stereocenters. The van der Waals surface area contributed by atoms with E-state index in [0.29, 0.717) is 28.5 Å². The van der Waals surface area contributed by atoms with E-state index in [4.69, 9.17) is 37.8 Å². The Balaban J connectivity index is 0.000000633. The largest absolute Gasteiger partial charge is 0.493 e. The van der Waals surface area contributed by atoms with E-state index < -0.39 is 11.5 Å². The highest BCUT2D eigenvalue weighted by molar-refractivity contribution is 7.71. The van der Waals surface area contributed by atoms with Crippen molar-refractivity contribution in [2.45, 2.75) is 20.3 Å². The molecule has 9 nitrogen and oxygen atoms in total. The molecule has 0 bridgehead atoms. The molecule has 1 atom stereocenters. The van der Waals surface area contributed by atoms with E-state index in [1.54, 1.807) is 37.3 Å². The maximum absolute atomic E-state index is 11.8. The molecule has 0 saturated carbocycles. The van der Waals surface area contributed by atoms with Gasteiger partial charge < -0.3 is 25.3 Å². The van der Waals surface area contributed by atoms with Crippen LogP contribution in [0, 0.1) is 22.0 Å². The first-order valence-corrected chi connectivity index (χ1v) is 9.95. The number of nitriles is 1. The van der Waals surface area contributed by atoms with Crippen molar-refractivity contribution in [3.63, 3.8) is 0 Å². The molecule has 1 aromatic heterocycles. The second-order valence-corrected chi connectivity index (χ2v) is 7.02. The fourth-order valence-electron chi connectivity index (χ4n) is 2.23. The van der Waals surface area contributed by atoms with Crippen LogP contribution in [0.1, 0.15) is 37.1 Å². The molecule has 1 aromatic carbocycles. The van der Waals surface area contributed by atoms with Crippen LogP contribution in [0.5, 0.6) is 11.5 Å². The van der Waals surface area contributed by atoms with E-state index in [1.807, 2.05) is 13.0 Å². The zero-order valence-corrected chi connectivity index (χ0v) is 18.9. The van der Waals surface area contributed by atoms with Gasteiger partial charge >= 0.3 is 5.97 Å². The minimum atomic E-state index is -0.706. The predicted molar refractivity (Wildman–Crippen MR) is 125 cm³/mol. The number of carboxylic acid groups (broad SMARTS) is 1. The molecule has 2 aromatic rings. The smallest absolute Gasteiger partial charge is 0.306 e. The molecular weight excluding hydrogens is 432 g/mol. The van der Waals surface area contributed by atoms with Crippen molar-refractivity contribution in [1.29, 1.82) is 5.26 Å². The molecule has 0 amide bonds. The third-order valence-electron chi connectivity index (χ3n) is 4.18. The number of carbonyl (C=O) groups is 1. The molecule has 2 rings (SSSR count). The first-order chi connectivity index (χ1) is 15.1. The van der Waals surface area contributed by atoms with E-state index in [9.17, 15) is 9.59 Å². The average Bonchev–Trinajstić information content (AvgIpc) is 2.75. The third-order valence-corrected chi connectivity index (χ3v) is 4.38. The number of nitrogens with zero attached hydrogens (tertiary/aromatic N) is 1. The Morgan fingerprint density at radius 3 is 2.59 bits per heavy atom. The van der Waals surface area contributed by atoms with Gasteiger partial charge in [0.05, 0.1) is 18.7 Å². The van der Waals surface area contributed by atoms with Gasteiger partial charge in [-0.3, -0.25) is 14.6 Å². The van der Waals surface area contributed by atoms with Crippen molar-refractivity contribution in [2.75, 3.05) is 13.7 Å². The lowest BCUT2D eigenvalue weighted by atomic mass is 10.1. The van der Waals surface area contributed by atoms with Crippen molar-refractivity contribution < 1.29 is 19.4 Å². The third kappa shape index (κ3) is 7.77. The molecule has 32 heavy (non-hydrogen) atoms. The average molecular weight is 459 g/mol. The summed E-state index contributed by atoms with van der Waals surface area (Å²) >= 11 is 4.94. The molecule has 1 heterocycles. The summed E-state index contributed by atoms with van der Waals surface area (Å²) in [5.41, 5.74) is 6.27. The number of hydrogen-bond donors (Lipinski definition) is 4. The van der Waals surface area contributed by atoms with Crippen LogP contribution < -0.4 is 20.8 Å². The molecule has 0 spiro atoms. The van der Waals surface area contributed by atoms with Crippen LogP contribution in [0.4, 0.5) is 0 Å². The number of carboxylic acids is 1. The lowest BCUT2D eigenvalue weighted by molar-refractivity contribution is -0.141. The normalized spacial score (nSPS) is 11.1. The van der Waals surface area contributed by atoms with Gasteiger partial charge in [0.25, 0.3) is 5.56 Å². The lowest BCUT2D eigenvalue weighted by Gasteiger charge is -2.13. The van der Waals surface area contributed by atoms with Gasteiger partial charge in [-0.05, 0) is 36.9 Å². The summed E-state index contributed by atoms with van der Waals surface area (Å²) in [6, 6.07) is 7.17. The van der Waals surface area contributed by atoms with Gasteiger partial charge in [0.2, 0.25) is 0 Å². The van der Waals surface area contributed by atoms with E-state index in [2.05, 4.69) is 16.5 Å². The van der Waals surface area contributed by atoms with Crippen LogP contribution >= 0.6 is 12.2 Å². The van der Waals surface area contributed by atoms with E-state index in [1.165, 1.54) is 7.11 Å². The van der Waals surface area contributed by atoms with E-state index in [0.717, 1.165) is 6.42 Å². The summed E-state index contributed by atoms with van der Waals surface area (Å²) in [7, 11) is 1.52. The zero-order chi connectivity index (χ0) is 24.3. The molecule has 170 valence electrons. The molecule has 10 heteroatoms. The zero-order valence-electron chi connectivity index (χ0n) is 18.1. The number of nitrogens with two attached hydrogens (primary N) is 1. The molecule has 0 saturated heterocycles. The number of H-pyrrole nitrogens is 2. The molecular formula is C22H26N4O5S. The van der Waals surface area contributed by atoms with Crippen LogP contribution in [-0.2, 0) is 4.79 Å². The summed E-state index contributed by atoms with van der Waals surface area (Å²) in [6.45, 7) is 7.27. The molecule has 0 aliphatic carbocycles. The Labute approximate surface area is 190 Å². The van der Waals surface area contributed by atoms with Gasteiger partial charge in [-0.15, -0.1) is 0 Å². The predicted octanol–water partition coefficient (Wildman–Crippen LogP) is 3.45. The first-order valence-electron chi connectivity index (χ1n) is 9.55. The molecule has 0 fully saturated rings. The number of hydrogen-bond acceptors (Lipinski definition) is 7. The highest BCUT2D eigenvalue weighted by Crippen LogP contribution is 2.32. The minimum Gasteiger partial charge on any atom is -0.493 e. The number of aliphatic carboxylic acids is 1. The van der Waals surface area contributed by atoms with E-state index >= 15 is 0 Å². The Hall–Kier alpha value is -3.84. The molecule has 5 N–H and O–H groups in total. The number of benzene rings is 1. The number of aromatic amines is 2. The van der Waals surface area contributed by atoms with Crippen molar-refractivity contribution in [1.82, 2.24) is 9.97 Å². The van der Waals surface area contributed by atoms with Crippen LogP contribution in [0.2, 0.25) is 0 Å². The molecule has 0 aliphatic heterocycles. The van der Waals surface area contributed by atoms with Gasteiger partial charge in [0.1, 0.15) is 18.2 Å². The fourth-order valence-corrected chi connectivity index (χ4v) is 2.43. The second-order valence-electron chi connectivity index (χ2n) is 6.62. The quantitative estimate of drug-likeness (QED) is 0.439. The number of methoxy groups -OCH3 is 1. The van der Waals surface area contributed by atoms with Crippen LogP contribution in [0.25, 0.3) is 12.2 Å². The first kappa shape index (κ1) is 26.2. The number of ether oxygens (including phenoxy) is 2. The summed E-state index contributed by atoms with van der Waals surface area (Å²) in [5, 5.41) is 17.3. The number of nitrogens with one attached hydrogen (secondary N) is 2. The van der Waals surface area contributed by atoms with E-state index in [-0.39, 0.29) is 22.9 Å². The lowest BCUT2D eigenvalue weighted by Crippen LogP contribution is -2.13. The minimum absolute atomic E-state index is 0.0643. The summed E-state index contributed by atoms with van der Waals surface area (Å²) in [5.74, 6) is 0.0973. The van der Waals surface area contributed by atoms with Gasteiger partial charge in [-0.2, -0.15) is 5.26 Å². The number of para-hydroxylation sites is 1. The second kappa shape index (κ2) is 12.8. The highest BCUT2D eigenvalue weighted by Gasteiger charge is 2.10. The van der Waals surface area contributed by atoms with Crippen molar-refractivity contribution in [3.05, 3.63) is 62.4 Å². The van der Waals surface area contributed by atoms with Crippen LogP contribution in [-0.4, -0.2) is 34.8 Å². The number of aromatic nitrogens is 2. The maximum Gasteiger partial charge on any atom is 0.306 e. The van der Waals surface area contributed by atoms with Crippen molar-refractivity contribution >= 4 is 30.3 Å². The highest BCUT2D eigenvalue weighted by atomic mass is 32.1. The molecule has 0 radical (unpaired) electrons. The van der Waals surface area contributed by atoms with Crippen LogP contribution in [0.3, 0.4) is 0 Å².